The average Bonchev–Trinajstić information content (AvgIpc) is 2.56. The number of anilines is 3. The molecule has 0 unspecified atom stereocenters. The number of benzene rings is 2. The number of halogens is 1. The second kappa shape index (κ2) is 7.19. The SMILES string of the molecule is Cc1cccc(CNc2cnnc(Nc3ccc(Br)cc3)n2)c1. The smallest absolute Gasteiger partial charge is 0.249 e. The van der Waals surface area contributed by atoms with Crippen molar-refractivity contribution in [1.29, 1.82) is 0 Å². The van der Waals surface area contributed by atoms with Crippen molar-refractivity contribution in [3.05, 3.63) is 70.3 Å². The number of aromatic nitrogens is 3. The molecule has 0 aliphatic rings. The number of rotatable bonds is 5. The van der Waals surface area contributed by atoms with Gasteiger partial charge in [0.2, 0.25) is 5.95 Å². The first kappa shape index (κ1) is 15.4. The van der Waals surface area contributed by atoms with Crippen LogP contribution in [-0.4, -0.2) is 15.2 Å². The van der Waals surface area contributed by atoms with Crippen molar-refractivity contribution in [3.8, 4) is 0 Å². The third kappa shape index (κ3) is 4.50. The van der Waals surface area contributed by atoms with Gasteiger partial charge in [-0.3, -0.25) is 0 Å². The fourth-order valence-corrected chi connectivity index (χ4v) is 2.38. The van der Waals surface area contributed by atoms with E-state index >= 15 is 0 Å². The Kier molecular flexibility index (Phi) is 4.83. The molecule has 5 nitrogen and oxygen atoms in total. The summed E-state index contributed by atoms with van der Waals surface area (Å²) in [5.41, 5.74) is 3.35. The van der Waals surface area contributed by atoms with Gasteiger partial charge in [0.15, 0.2) is 5.82 Å². The standard InChI is InChI=1S/C17H16BrN5/c1-12-3-2-4-13(9-12)10-19-16-11-20-23-17(22-16)21-15-7-5-14(18)6-8-15/h2-9,11H,10H2,1H3,(H2,19,21,22,23). The molecule has 0 bridgehead atoms. The third-order valence-electron chi connectivity index (χ3n) is 3.22. The van der Waals surface area contributed by atoms with Gasteiger partial charge in [0, 0.05) is 16.7 Å². The predicted molar refractivity (Wildman–Crippen MR) is 95.8 cm³/mol. The summed E-state index contributed by atoms with van der Waals surface area (Å²) in [5, 5.41) is 14.4. The quantitative estimate of drug-likeness (QED) is 0.701. The summed E-state index contributed by atoms with van der Waals surface area (Å²) in [7, 11) is 0. The Morgan fingerprint density at radius 3 is 2.70 bits per heavy atom. The molecule has 0 aliphatic carbocycles. The molecule has 2 N–H and O–H groups in total. The molecule has 0 atom stereocenters. The molecule has 0 fully saturated rings. The first-order valence-corrected chi connectivity index (χ1v) is 8.00. The van der Waals surface area contributed by atoms with Gasteiger partial charge >= 0.3 is 0 Å². The summed E-state index contributed by atoms with van der Waals surface area (Å²) in [5.74, 6) is 1.14. The molecule has 6 heteroatoms. The van der Waals surface area contributed by atoms with E-state index in [9.17, 15) is 0 Å². The van der Waals surface area contributed by atoms with E-state index in [1.807, 2.05) is 30.3 Å². The molecule has 0 radical (unpaired) electrons. The van der Waals surface area contributed by atoms with E-state index in [-0.39, 0.29) is 0 Å². The van der Waals surface area contributed by atoms with Crippen molar-refractivity contribution in [2.24, 2.45) is 0 Å². The van der Waals surface area contributed by atoms with Crippen LogP contribution < -0.4 is 10.6 Å². The first-order valence-electron chi connectivity index (χ1n) is 7.21. The van der Waals surface area contributed by atoms with Crippen LogP contribution in [0.15, 0.2) is 59.2 Å². The normalized spacial score (nSPS) is 10.3. The van der Waals surface area contributed by atoms with E-state index in [1.165, 1.54) is 11.1 Å². The van der Waals surface area contributed by atoms with Crippen LogP contribution in [0.5, 0.6) is 0 Å². The number of nitrogens with one attached hydrogen (secondary N) is 2. The zero-order valence-electron chi connectivity index (χ0n) is 12.6. The second-order valence-corrected chi connectivity index (χ2v) is 6.06. The fourth-order valence-electron chi connectivity index (χ4n) is 2.12. The molecule has 1 aromatic heterocycles. The van der Waals surface area contributed by atoms with Crippen LogP contribution in [0.3, 0.4) is 0 Å². The molecule has 0 saturated heterocycles. The summed E-state index contributed by atoms with van der Waals surface area (Å²) in [4.78, 5) is 4.42. The first-order chi connectivity index (χ1) is 11.2. The van der Waals surface area contributed by atoms with Gasteiger partial charge in [-0.15, -0.1) is 5.10 Å². The Labute approximate surface area is 143 Å². The largest absolute Gasteiger partial charge is 0.365 e. The lowest BCUT2D eigenvalue weighted by Gasteiger charge is -2.08. The lowest BCUT2D eigenvalue weighted by molar-refractivity contribution is 0.965. The van der Waals surface area contributed by atoms with E-state index in [0.717, 1.165) is 10.2 Å². The molecular formula is C17H16BrN5. The topological polar surface area (TPSA) is 62.7 Å². The number of hydrogen-bond acceptors (Lipinski definition) is 5. The van der Waals surface area contributed by atoms with Crippen molar-refractivity contribution >= 4 is 33.4 Å². The highest BCUT2D eigenvalue weighted by Gasteiger charge is 2.02. The lowest BCUT2D eigenvalue weighted by Crippen LogP contribution is -2.05. The monoisotopic (exact) mass is 369 g/mol. The highest BCUT2D eigenvalue weighted by atomic mass is 79.9. The van der Waals surface area contributed by atoms with Gasteiger partial charge in [-0.2, -0.15) is 10.1 Å². The maximum atomic E-state index is 4.42. The zero-order chi connectivity index (χ0) is 16.1. The lowest BCUT2D eigenvalue weighted by atomic mass is 10.1. The van der Waals surface area contributed by atoms with Crippen molar-refractivity contribution in [2.45, 2.75) is 13.5 Å². The molecule has 0 amide bonds. The Bertz CT molecular complexity index is 789. The van der Waals surface area contributed by atoms with Gasteiger partial charge < -0.3 is 10.6 Å². The van der Waals surface area contributed by atoms with Gasteiger partial charge in [-0.25, -0.2) is 0 Å². The molecule has 0 aliphatic heterocycles. The number of nitrogens with zero attached hydrogens (tertiary/aromatic N) is 3. The Balaban J connectivity index is 1.66. The summed E-state index contributed by atoms with van der Waals surface area (Å²) >= 11 is 3.41. The molecule has 23 heavy (non-hydrogen) atoms. The van der Waals surface area contributed by atoms with E-state index in [4.69, 9.17) is 0 Å². The van der Waals surface area contributed by atoms with Crippen LogP contribution in [0.1, 0.15) is 11.1 Å². The third-order valence-corrected chi connectivity index (χ3v) is 3.74. The van der Waals surface area contributed by atoms with Crippen molar-refractivity contribution in [2.75, 3.05) is 10.6 Å². The zero-order valence-corrected chi connectivity index (χ0v) is 14.2. The predicted octanol–water partition coefficient (Wildman–Crippen LogP) is 4.30. The van der Waals surface area contributed by atoms with Crippen molar-refractivity contribution in [3.63, 3.8) is 0 Å². The highest BCUT2D eigenvalue weighted by Crippen LogP contribution is 2.17. The molecule has 2 aromatic carbocycles. The molecule has 0 spiro atoms. The minimum Gasteiger partial charge on any atom is -0.365 e. The maximum Gasteiger partial charge on any atom is 0.249 e. The summed E-state index contributed by atoms with van der Waals surface area (Å²) in [6.45, 7) is 2.77. The number of hydrogen-bond donors (Lipinski definition) is 2. The van der Waals surface area contributed by atoms with E-state index in [2.05, 4.69) is 66.9 Å². The van der Waals surface area contributed by atoms with Crippen LogP contribution in [0.2, 0.25) is 0 Å². The van der Waals surface area contributed by atoms with E-state index < -0.39 is 0 Å². The molecule has 1 heterocycles. The summed E-state index contributed by atoms with van der Waals surface area (Å²) in [6.07, 6.45) is 1.61. The van der Waals surface area contributed by atoms with Crippen molar-refractivity contribution in [1.82, 2.24) is 15.2 Å². The number of aryl methyl sites for hydroxylation is 1. The van der Waals surface area contributed by atoms with Gasteiger partial charge in [-0.1, -0.05) is 45.8 Å². The Morgan fingerprint density at radius 2 is 1.91 bits per heavy atom. The molecule has 0 saturated carbocycles. The summed E-state index contributed by atoms with van der Waals surface area (Å²) < 4.78 is 1.02. The van der Waals surface area contributed by atoms with E-state index in [1.54, 1.807) is 6.20 Å². The van der Waals surface area contributed by atoms with Gasteiger partial charge in [0.1, 0.15) is 0 Å². The fraction of sp³-hybridized carbons (Fsp3) is 0.118. The van der Waals surface area contributed by atoms with Crippen LogP contribution >= 0.6 is 15.9 Å². The average molecular weight is 370 g/mol. The van der Waals surface area contributed by atoms with Gasteiger partial charge in [0.25, 0.3) is 0 Å². The maximum absolute atomic E-state index is 4.42. The van der Waals surface area contributed by atoms with E-state index in [0.29, 0.717) is 18.3 Å². The molecule has 3 rings (SSSR count). The minimum absolute atomic E-state index is 0.460. The molecule has 3 aromatic rings. The van der Waals surface area contributed by atoms with Gasteiger partial charge in [-0.05, 0) is 36.8 Å². The van der Waals surface area contributed by atoms with Crippen molar-refractivity contribution < 1.29 is 0 Å². The molecular weight excluding hydrogens is 354 g/mol. The summed E-state index contributed by atoms with van der Waals surface area (Å²) in [6, 6.07) is 16.1. The molecule has 116 valence electrons. The van der Waals surface area contributed by atoms with Crippen LogP contribution in [-0.2, 0) is 6.54 Å². The van der Waals surface area contributed by atoms with Crippen LogP contribution in [0.4, 0.5) is 17.5 Å². The highest BCUT2D eigenvalue weighted by molar-refractivity contribution is 9.10. The van der Waals surface area contributed by atoms with Crippen LogP contribution in [0.25, 0.3) is 0 Å². The minimum atomic E-state index is 0.460. The van der Waals surface area contributed by atoms with Gasteiger partial charge in [0.05, 0.1) is 6.20 Å². The van der Waals surface area contributed by atoms with Crippen LogP contribution in [0, 0.1) is 6.92 Å². The Morgan fingerprint density at radius 1 is 1.09 bits per heavy atom. The second-order valence-electron chi connectivity index (χ2n) is 5.14. The Hall–Kier alpha value is -2.47.